The molecule has 5 rings (SSSR count). The van der Waals surface area contributed by atoms with E-state index in [4.69, 9.17) is 15.0 Å². The van der Waals surface area contributed by atoms with E-state index in [1.807, 2.05) is 18.5 Å². The van der Waals surface area contributed by atoms with Crippen LogP contribution in [0.4, 0.5) is 11.4 Å². The number of benzene rings is 2. The molecule has 2 aromatic carbocycles. The minimum absolute atomic E-state index is 0.0907. The lowest BCUT2D eigenvalue weighted by Crippen LogP contribution is -2.41. The number of nitrogens with one attached hydrogen (secondary N) is 2. The molecule has 0 amide bonds. The van der Waals surface area contributed by atoms with E-state index >= 15 is 0 Å². The van der Waals surface area contributed by atoms with Crippen molar-refractivity contribution in [1.82, 2.24) is 9.88 Å². The van der Waals surface area contributed by atoms with Gasteiger partial charge in [-0.2, -0.15) is 5.11 Å². The quantitative estimate of drug-likeness (QED) is 0.280. The maximum atomic E-state index is 12.1. The van der Waals surface area contributed by atoms with Gasteiger partial charge in [-0.15, -0.1) is 0 Å². The molecule has 9 nitrogen and oxygen atoms in total. The predicted octanol–water partition coefficient (Wildman–Crippen LogP) is 6.24. The predicted molar refractivity (Wildman–Crippen MR) is 157 cm³/mol. The first-order valence-electron chi connectivity index (χ1n) is 14.1. The monoisotopic (exact) mass is 557 g/mol. The number of carbonyl (C=O) groups is 1. The summed E-state index contributed by atoms with van der Waals surface area (Å²) in [7, 11) is 3.31. The van der Waals surface area contributed by atoms with Crippen LogP contribution in [0.15, 0.2) is 53.9 Å². The molecule has 2 aliphatic rings. The van der Waals surface area contributed by atoms with E-state index in [0.29, 0.717) is 23.7 Å². The number of aromatic nitrogens is 1. The molecule has 1 aliphatic heterocycles. The Kier molecular flexibility index (Phi) is 8.37. The molecule has 0 fully saturated rings. The smallest absolute Gasteiger partial charge is 0.304 e. The Hall–Kier alpha value is -3.82. The molecule has 9 heteroatoms. The molecule has 1 aromatic heterocycles. The lowest BCUT2D eigenvalue weighted by atomic mass is 9.86. The molecule has 0 saturated heterocycles. The van der Waals surface area contributed by atoms with Crippen LogP contribution in [0.25, 0.3) is 0 Å². The highest BCUT2D eigenvalue weighted by atomic mass is 16.5. The molecule has 1 aliphatic carbocycles. The second kappa shape index (κ2) is 12.0. The molecule has 0 bridgehead atoms. The molecule has 216 valence electrons. The zero-order valence-corrected chi connectivity index (χ0v) is 24.2. The fraction of sp³-hybridized carbons (Fsp3) is 0.438. The van der Waals surface area contributed by atoms with Crippen molar-refractivity contribution in [2.24, 2.45) is 5.11 Å². The molecule has 2 unspecified atom stereocenters. The summed E-state index contributed by atoms with van der Waals surface area (Å²) in [6.07, 6.45) is 6.55. The van der Waals surface area contributed by atoms with Crippen molar-refractivity contribution in [2.75, 3.05) is 32.6 Å². The van der Waals surface area contributed by atoms with Gasteiger partial charge in [-0.3, -0.25) is 14.7 Å². The fourth-order valence-electron chi connectivity index (χ4n) is 6.43. The van der Waals surface area contributed by atoms with E-state index in [0.717, 1.165) is 43.5 Å². The first-order valence-corrected chi connectivity index (χ1v) is 14.1. The van der Waals surface area contributed by atoms with E-state index in [-0.39, 0.29) is 18.1 Å². The molecule has 41 heavy (non-hydrogen) atoms. The molecule has 0 radical (unpaired) electrons. The summed E-state index contributed by atoms with van der Waals surface area (Å²) >= 11 is 0. The van der Waals surface area contributed by atoms with Crippen molar-refractivity contribution in [3.8, 4) is 5.75 Å². The van der Waals surface area contributed by atoms with E-state index in [9.17, 15) is 9.90 Å². The van der Waals surface area contributed by atoms with E-state index in [2.05, 4.69) is 58.4 Å². The van der Waals surface area contributed by atoms with Crippen molar-refractivity contribution in [1.29, 1.82) is 5.53 Å². The van der Waals surface area contributed by atoms with Crippen molar-refractivity contribution in [2.45, 2.75) is 63.6 Å². The van der Waals surface area contributed by atoms with Crippen LogP contribution < -0.4 is 10.1 Å². The summed E-state index contributed by atoms with van der Waals surface area (Å²) in [5, 5.41) is 16.6. The standard InChI is InChI=1S/C32H39N5O4/c1-32(2)19-37(18-24-17-35-11-9-20(24)10-12-41-32)28-8-7-21-5-6-22(13-26(21)28)25(16-30(38)39)23-14-27(36-33)31(34-3)29(15-23)40-4/h5-6,9,11,13-15,17,25,28,33-34H,7-8,10,12,16,18-19H2,1-4H3,(H,38,39). The van der Waals surface area contributed by atoms with Crippen LogP contribution in [0.3, 0.4) is 0 Å². The number of hydrogen-bond donors (Lipinski definition) is 3. The summed E-state index contributed by atoms with van der Waals surface area (Å²) in [5.41, 5.74) is 15.1. The number of carboxylic acid groups (broad SMARTS) is 1. The Bertz CT molecular complexity index is 1440. The molecular weight excluding hydrogens is 518 g/mol. The van der Waals surface area contributed by atoms with Gasteiger partial charge in [0.25, 0.3) is 0 Å². The Morgan fingerprint density at radius 3 is 2.78 bits per heavy atom. The minimum Gasteiger partial charge on any atom is -0.494 e. The van der Waals surface area contributed by atoms with Crippen LogP contribution >= 0.6 is 0 Å². The molecule has 0 saturated carbocycles. The number of anilines is 1. The van der Waals surface area contributed by atoms with Crippen LogP contribution in [0, 0.1) is 5.53 Å². The maximum Gasteiger partial charge on any atom is 0.304 e. The highest BCUT2D eigenvalue weighted by molar-refractivity contribution is 5.75. The third-order valence-corrected chi connectivity index (χ3v) is 8.36. The molecule has 0 spiro atoms. The Labute approximate surface area is 241 Å². The molecular formula is C32H39N5O4. The van der Waals surface area contributed by atoms with Crippen LogP contribution in [-0.2, 0) is 28.9 Å². The zero-order valence-electron chi connectivity index (χ0n) is 24.2. The second-order valence-corrected chi connectivity index (χ2v) is 11.5. The average Bonchev–Trinajstić information content (AvgIpc) is 3.40. The largest absolute Gasteiger partial charge is 0.494 e. The van der Waals surface area contributed by atoms with Crippen LogP contribution in [0.2, 0.25) is 0 Å². The van der Waals surface area contributed by atoms with Crippen molar-refractivity contribution >= 4 is 17.3 Å². The Morgan fingerprint density at radius 1 is 1.22 bits per heavy atom. The third kappa shape index (κ3) is 6.11. The van der Waals surface area contributed by atoms with Gasteiger partial charge in [0.2, 0.25) is 0 Å². The highest BCUT2D eigenvalue weighted by Gasteiger charge is 2.34. The fourth-order valence-corrected chi connectivity index (χ4v) is 6.43. The van der Waals surface area contributed by atoms with Crippen LogP contribution in [0.1, 0.15) is 72.0 Å². The van der Waals surface area contributed by atoms with Gasteiger partial charge in [0, 0.05) is 44.5 Å². The van der Waals surface area contributed by atoms with Crippen molar-refractivity contribution < 1.29 is 19.4 Å². The van der Waals surface area contributed by atoms with Gasteiger partial charge in [-0.1, -0.05) is 18.2 Å². The number of hydrogen-bond acceptors (Lipinski definition) is 8. The summed E-state index contributed by atoms with van der Waals surface area (Å²) in [5.74, 6) is -0.799. The van der Waals surface area contributed by atoms with Crippen LogP contribution in [0.5, 0.6) is 5.75 Å². The Morgan fingerprint density at radius 2 is 2.05 bits per heavy atom. The first kappa shape index (κ1) is 28.7. The average molecular weight is 558 g/mol. The maximum absolute atomic E-state index is 12.1. The Balaban J connectivity index is 1.56. The van der Waals surface area contributed by atoms with Crippen molar-refractivity contribution in [3.05, 3.63) is 82.2 Å². The summed E-state index contributed by atoms with van der Waals surface area (Å²) < 4.78 is 11.9. The lowest BCUT2D eigenvalue weighted by molar-refractivity contribution is -0.137. The van der Waals surface area contributed by atoms with Gasteiger partial charge in [0.1, 0.15) is 17.1 Å². The van der Waals surface area contributed by atoms with E-state index in [1.54, 1.807) is 20.2 Å². The molecule has 2 atom stereocenters. The topological polar surface area (TPSA) is 120 Å². The third-order valence-electron chi connectivity index (χ3n) is 8.36. The summed E-state index contributed by atoms with van der Waals surface area (Å²) in [6.45, 7) is 6.52. The van der Waals surface area contributed by atoms with Gasteiger partial charge in [0.05, 0.1) is 25.7 Å². The number of fused-ring (bicyclic) bond motifs is 2. The normalized spacial score (nSPS) is 19.2. The van der Waals surface area contributed by atoms with Gasteiger partial charge < -0.3 is 19.9 Å². The van der Waals surface area contributed by atoms with Gasteiger partial charge in [0.15, 0.2) is 0 Å². The number of nitrogens with zero attached hydrogens (tertiary/aromatic N) is 3. The number of methoxy groups -OCH3 is 1. The number of aryl methyl sites for hydroxylation is 1. The van der Waals surface area contributed by atoms with Crippen molar-refractivity contribution in [3.63, 3.8) is 0 Å². The second-order valence-electron chi connectivity index (χ2n) is 11.5. The number of rotatable bonds is 8. The van der Waals surface area contributed by atoms with Crippen LogP contribution in [-0.4, -0.2) is 53.9 Å². The number of aliphatic carboxylic acids is 1. The number of ether oxygens (including phenoxy) is 2. The number of pyridine rings is 1. The van der Waals surface area contributed by atoms with Gasteiger partial charge in [-0.25, -0.2) is 5.53 Å². The number of carboxylic acids is 1. The lowest BCUT2D eigenvalue weighted by Gasteiger charge is -2.36. The summed E-state index contributed by atoms with van der Waals surface area (Å²) in [6, 6.07) is 12.3. The van der Waals surface area contributed by atoms with Gasteiger partial charge in [-0.05, 0) is 84.7 Å². The zero-order chi connectivity index (χ0) is 29.1. The van der Waals surface area contributed by atoms with E-state index in [1.165, 1.54) is 22.3 Å². The highest BCUT2D eigenvalue weighted by Crippen LogP contribution is 2.43. The molecule has 3 aromatic rings. The molecule has 2 heterocycles. The SMILES string of the molecule is CNc1c(N=N)cc(C(CC(=O)O)c2ccc3c(c2)C(N2Cc4cnccc4CCOC(C)(C)C2)CC3)cc1OC. The summed E-state index contributed by atoms with van der Waals surface area (Å²) in [4.78, 5) is 19.0. The first-order chi connectivity index (χ1) is 19.7. The minimum atomic E-state index is -0.893. The van der Waals surface area contributed by atoms with E-state index < -0.39 is 11.9 Å². The molecule has 3 N–H and O–H groups in total. The van der Waals surface area contributed by atoms with Gasteiger partial charge >= 0.3 is 5.97 Å².